The second-order valence-corrected chi connectivity index (χ2v) is 12.9. The fraction of sp³-hybridized carbons (Fsp3) is 0.0698. The maximum atomic E-state index is 14.1. The summed E-state index contributed by atoms with van der Waals surface area (Å²) in [6.07, 6.45) is 0.703. The highest BCUT2D eigenvalue weighted by atomic mass is 19.1. The van der Waals surface area contributed by atoms with Gasteiger partial charge in [-0.1, -0.05) is 24.3 Å². The van der Waals surface area contributed by atoms with Gasteiger partial charge in [-0.15, -0.1) is 0 Å². The third-order valence-corrected chi connectivity index (χ3v) is 9.24. The first-order valence-corrected chi connectivity index (χ1v) is 16.5. The van der Waals surface area contributed by atoms with Gasteiger partial charge in [-0.3, -0.25) is 19.2 Å². The van der Waals surface area contributed by atoms with Crippen LogP contribution in [0.3, 0.4) is 0 Å². The van der Waals surface area contributed by atoms with Crippen LogP contribution in [0.5, 0.6) is 11.5 Å². The molecule has 4 aliphatic rings. The number of aromatic hydroxyl groups is 2. The van der Waals surface area contributed by atoms with Crippen molar-refractivity contribution in [2.45, 2.75) is 20.8 Å². The number of fused-ring (bicyclic) bond motifs is 4. The van der Waals surface area contributed by atoms with Crippen molar-refractivity contribution in [1.82, 2.24) is 0 Å². The molecule has 8 rings (SSSR count). The van der Waals surface area contributed by atoms with Crippen LogP contribution < -0.4 is 10.9 Å². The molecule has 0 saturated heterocycles. The summed E-state index contributed by atoms with van der Waals surface area (Å²) in [5, 5.41) is 20.0. The molecule has 0 atom stereocenters. The third kappa shape index (κ3) is 6.48. The van der Waals surface area contributed by atoms with Crippen molar-refractivity contribution >= 4 is 34.0 Å². The van der Waals surface area contributed by atoms with Gasteiger partial charge < -0.3 is 19.0 Å². The zero-order valence-corrected chi connectivity index (χ0v) is 29.0. The van der Waals surface area contributed by atoms with Crippen LogP contribution in [-0.2, 0) is 0 Å². The molecule has 55 heavy (non-hydrogen) atoms. The molecule has 2 heterocycles. The Morgan fingerprint density at radius 1 is 0.582 bits per heavy atom. The van der Waals surface area contributed by atoms with Crippen LogP contribution >= 0.6 is 0 Å². The van der Waals surface area contributed by atoms with Crippen molar-refractivity contribution in [2.75, 3.05) is 0 Å². The lowest BCUT2D eigenvalue weighted by Crippen LogP contribution is -2.07. The molecule has 4 aromatic carbocycles. The van der Waals surface area contributed by atoms with Crippen molar-refractivity contribution < 1.29 is 46.2 Å². The molecule has 0 amide bonds. The molecule has 0 bridgehead atoms. The number of carbonyl (C=O) groups is 2. The van der Waals surface area contributed by atoms with Gasteiger partial charge in [0, 0.05) is 68.4 Å². The predicted octanol–water partition coefficient (Wildman–Crippen LogP) is 9.73. The molecule has 0 unspecified atom stereocenters. The van der Waals surface area contributed by atoms with Gasteiger partial charge >= 0.3 is 0 Å². The van der Waals surface area contributed by atoms with Gasteiger partial charge in [0.1, 0.15) is 29.0 Å². The normalized spacial score (nSPS) is 11.3. The Bertz CT molecular complexity index is 2960. The topological polar surface area (TPSA) is 135 Å². The molecule has 2 N–H and O–H groups in total. The summed E-state index contributed by atoms with van der Waals surface area (Å²) >= 11 is 0. The zero-order chi connectivity index (χ0) is 39.5. The summed E-state index contributed by atoms with van der Waals surface area (Å²) < 4.78 is 67.4. The molecular formula is C43H26F4O8. The Morgan fingerprint density at radius 2 is 1.04 bits per heavy atom. The van der Waals surface area contributed by atoms with Gasteiger partial charge in [0.15, 0.2) is 40.6 Å². The van der Waals surface area contributed by atoms with E-state index in [1.54, 1.807) is 50.2 Å². The second-order valence-electron chi connectivity index (χ2n) is 12.9. The van der Waals surface area contributed by atoms with Crippen molar-refractivity contribution in [2.24, 2.45) is 0 Å². The molecule has 2 aliphatic carbocycles. The number of aryl methyl sites for hydroxylation is 2. The van der Waals surface area contributed by atoms with Crippen molar-refractivity contribution in [3.63, 3.8) is 0 Å². The SMILES string of the molecule is CC(=O)c1ccc(-c2c3cc(F)c(=O)cc-3oc3cc(O)c(F)cc23)c(C)c1.Cc1cc(C=O)ccc1-c1c2cc(F)c(=O)cc-2oc2cc(O)c(F)cc12. The van der Waals surface area contributed by atoms with Crippen LogP contribution in [0, 0.1) is 37.1 Å². The number of ketones is 1. The highest BCUT2D eigenvalue weighted by molar-refractivity contribution is 6.05. The molecule has 0 fully saturated rings. The third-order valence-electron chi connectivity index (χ3n) is 9.24. The molecule has 4 aromatic rings. The van der Waals surface area contributed by atoms with Crippen LogP contribution in [0.2, 0.25) is 0 Å². The number of phenolic OH excluding ortho intramolecular Hbond substituents is 2. The van der Waals surface area contributed by atoms with E-state index >= 15 is 0 Å². The Hall–Kier alpha value is -7.08. The first kappa shape index (κ1) is 36.3. The van der Waals surface area contributed by atoms with Crippen molar-refractivity contribution in [3.05, 3.63) is 151 Å². The van der Waals surface area contributed by atoms with Crippen molar-refractivity contribution in [3.8, 4) is 56.4 Å². The Morgan fingerprint density at radius 3 is 1.45 bits per heavy atom. The summed E-state index contributed by atoms with van der Waals surface area (Å²) in [6.45, 7) is 4.99. The first-order chi connectivity index (χ1) is 26.1. The monoisotopic (exact) mass is 746 g/mol. The smallest absolute Gasteiger partial charge is 0.217 e. The summed E-state index contributed by atoms with van der Waals surface area (Å²) in [7, 11) is 0. The average Bonchev–Trinajstić information content (AvgIpc) is 3.13. The van der Waals surface area contributed by atoms with E-state index in [2.05, 4.69) is 0 Å². The summed E-state index contributed by atoms with van der Waals surface area (Å²) in [4.78, 5) is 46.1. The molecule has 8 nitrogen and oxygen atoms in total. The number of rotatable bonds is 4. The Kier molecular flexibility index (Phi) is 9.05. The molecule has 12 heteroatoms. The van der Waals surface area contributed by atoms with Gasteiger partial charge in [-0.2, -0.15) is 0 Å². The molecule has 2 aliphatic heterocycles. The van der Waals surface area contributed by atoms with E-state index in [0.29, 0.717) is 61.6 Å². The molecule has 274 valence electrons. The van der Waals surface area contributed by atoms with E-state index in [9.17, 15) is 47.0 Å². The number of carbonyl (C=O) groups excluding carboxylic acids is 2. The Labute approximate surface area is 307 Å². The van der Waals surface area contributed by atoms with E-state index in [1.807, 2.05) is 0 Å². The summed E-state index contributed by atoms with van der Waals surface area (Å²) in [5.74, 6) is -4.73. The number of hydrogen-bond acceptors (Lipinski definition) is 8. The largest absolute Gasteiger partial charge is 0.505 e. The minimum Gasteiger partial charge on any atom is -0.505 e. The van der Waals surface area contributed by atoms with Crippen LogP contribution in [0.4, 0.5) is 17.6 Å². The van der Waals surface area contributed by atoms with Crippen LogP contribution in [-0.4, -0.2) is 22.3 Å². The minimum absolute atomic E-state index is 0.105. The summed E-state index contributed by atoms with van der Waals surface area (Å²) in [6, 6.07) is 18.5. The fourth-order valence-electron chi connectivity index (χ4n) is 6.59. The molecule has 0 radical (unpaired) electrons. The number of halogens is 4. The van der Waals surface area contributed by atoms with Crippen LogP contribution in [0.25, 0.3) is 66.8 Å². The molecule has 0 aromatic heterocycles. The fourth-order valence-corrected chi connectivity index (χ4v) is 6.59. The van der Waals surface area contributed by atoms with Gasteiger partial charge in [0.25, 0.3) is 0 Å². The molecule has 0 spiro atoms. The van der Waals surface area contributed by atoms with Gasteiger partial charge in [-0.05, 0) is 79.4 Å². The highest BCUT2D eigenvalue weighted by Gasteiger charge is 2.24. The van der Waals surface area contributed by atoms with Crippen molar-refractivity contribution in [1.29, 1.82) is 0 Å². The van der Waals surface area contributed by atoms with E-state index in [-0.39, 0.29) is 39.6 Å². The maximum Gasteiger partial charge on any atom is 0.217 e. The standard InChI is InChI=1S/C22H14F2O4.C21H12F2O4/c1-10-5-12(11(2)25)3-4-13(10)22-14-6-16(23)18(26)8-20(14)28-21-9-19(27)17(24)7-15(21)22;1-10-4-11(9-24)2-3-12(10)21-13-5-15(22)17(25)7-19(13)27-20-8-18(26)16(23)6-14(20)21/h3-9,26H,1-2H3;2-9,25H,1H3. The quantitative estimate of drug-likeness (QED) is 0.0787. The lowest BCUT2D eigenvalue weighted by atomic mass is 9.90. The lowest BCUT2D eigenvalue weighted by Gasteiger charge is -2.17. The van der Waals surface area contributed by atoms with E-state index in [4.69, 9.17) is 8.83 Å². The highest BCUT2D eigenvalue weighted by Crippen LogP contribution is 2.44. The lowest BCUT2D eigenvalue weighted by molar-refractivity contribution is 0.101. The maximum absolute atomic E-state index is 14.1. The van der Waals surface area contributed by atoms with Crippen LogP contribution in [0.15, 0.2) is 103 Å². The second kappa shape index (κ2) is 13.7. The van der Waals surface area contributed by atoms with Gasteiger partial charge in [-0.25, -0.2) is 17.6 Å². The van der Waals surface area contributed by atoms with E-state index in [1.165, 1.54) is 6.92 Å². The molecule has 0 saturated carbocycles. The van der Waals surface area contributed by atoms with Crippen LogP contribution in [0.1, 0.15) is 38.8 Å². The number of hydrogen-bond donors (Lipinski definition) is 2. The number of Topliss-reactive ketones (excluding diaryl/α,β-unsaturated/α-hetero) is 1. The minimum atomic E-state index is -0.959. The first-order valence-electron chi connectivity index (χ1n) is 16.5. The van der Waals surface area contributed by atoms with E-state index < -0.39 is 45.6 Å². The number of phenols is 2. The number of benzene rings is 6. The number of aldehydes is 1. The average molecular weight is 747 g/mol. The van der Waals surface area contributed by atoms with Gasteiger partial charge in [0.05, 0.1) is 0 Å². The van der Waals surface area contributed by atoms with E-state index in [0.717, 1.165) is 48.5 Å². The van der Waals surface area contributed by atoms with Gasteiger partial charge in [0.2, 0.25) is 10.9 Å². The Balaban J connectivity index is 0.000000169. The summed E-state index contributed by atoms with van der Waals surface area (Å²) in [5.41, 5.74) is 3.69. The zero-order valence-electron chi connectivity index (χ0n) is 29.0. The molecular weight excluding hydrogens is 720 g/mol. The predicted molar refractivity (Wildman–Crippen MR) is 197 cm³/mol.